The number of nitrogens with two attached hydrogens (primary N) is 1. The van der Waals surface area contributed by atoms with E-state index in [0.29, 0.717) is 66.9 Å². The van der Waals surface area contributed by atoms with Gasteiger partial charge >= 0.3 is 6.03 Å². The van der Waals surface area contributed by atoms with Gasteiger partial charge in [-0.1, -0.05) is 78.8 Å². The van der Waals surface area contributed by atoms with Crippen LogP contribution >= 0.6 is 0 Å². The smallest absolute Gasteiger partial charge is 0.319 e. The number of aliphatic hydroxyl groups excluding tert-OH is 2. The molecule has 0 bridgehead atoms. The van der Waals surface area contributed by atoms with E-state index in [9.17, 15) is 23.4 Å². The van der Waals surface area contributed by atoms with Crippen molar-refractivity contribution < 1.29 is 32.7 Å². The van der Waals surface area contributed by atoms with E-state index in [1.807, 2.05) is 48.2 Å². The summed E-state index contributed by atoms with van der Waals surface area (Å²) >= 11 is 0. The number of nitrogens with zero attached hydrogens (tertiary/aromatic N) is 6. The van der Waals surface area contributed by atoms with Gasteiger partial charge in [-0.2, -0.15) is 9.97 Å². The van der Waals surface area contributed by atoms with Crippen molar-refractivity contribution in [2.45, 2.75) is 61.2 Å². The first-order chi connectivity index (χ1) is 27.6. The number of urea groups is 1. The molecule has 57 heavy (non-hydrogen) atoms. The third-order valence-electron chi connectivity index (χ3n) is 10.2. The first-order valence-electron chi connectivity index (χ1n) is 18.6. The SMILES string of the molecule is CCc1cc([C@H]2O[C@@H](n3cnc4c(NCC(c5ccccc5)c5ccccc5)nc(N5CC[C@@H](NC(=O)Nc6cccc(S(N)(=O)=O)c6)C5)nc43)[C@@H](O)[C@@H]2O)on1. The van der Waals surface area contributed by atoms with E-state index in [1.54, 1.807) is 16.7 Å². The maximum absolute atomic E-state index is 13.0. The average Bonchev–Trinajstić information content (AvgIpc) is 4.03. The third-order valence-corrected chi connectivity index (χ3v) is 11.2. The number of hydrogen-bond donors (Lipinski definition) is 6. The molecule has 296 valence electrons. The Bertz CT molecular complexity index is 2430. The number of aliphatic hydroxyl groups is 2. The molecule has 0 spiro atoms. The predicted molar refractivity (Wildman–Crippen MR) is 210 cm³/mol. The number of aryl methyl sites for hydroxylation is 1. The molecule has 5 atom stereocenters. The normalized spacial score (nSPS) is 21.0. The first-order valence-corrected chi connectivity index (χ1v) is 20.1. The Labute approximate surface area is 327 Å². The van der Waals surface area contributed by atoms with Crippen LogP contribution in [0.15, 0.2) is 107 Å². The minimum atomic E-state index is -3.95. The van der Waals surface area contributed by atoms with Gasteiger partial charge in [0.1, 0.15) is 18.3 Å². The van der Waals surface area contributed by atoms with Gasteiger partial charge in [0.15, 0.2) is 29.0 Å². The molecule has 17 nitrogen and oxygen atoms in total. The summed E-state index contributed by atoms with van der Waals surface area (Å²) in [6, 6.07) is 26.9. The monoisotopic (exact) mass is 794 g/mol. The lowest BCUT2D eigenvalue weighted by molar-refractivity contribution is -0.0434. The Balaban J connectivity index is 1.08. The summed E-state index contributed by atoms with van der Waals surface area (Å²) in [5.74, 6) is 1.05. The van der Waals surface area contributed by atoms with Crippen LogP contribution in [-0.2, 0) is 21.2 Å². The summed E-state index contributed by atoms with van der Waals surface area (Å²) in [6.07, 6.45) is -2.04. The number of rotatable bonds is 12. The molecule has 0 radical (unpaired) electrons. The fourth-order valence-electron chi connectivity index (χ4n) is 7.27. The first kappa shape index (κ1) is 38.0. The van der Waals surface area contributed by atoms with Gasteiger partial charge in [-0.25, -0.2) is 23.3 Å². The molecule has 2 amide bonds. The van der Waals surface area contributed by atoms with Crippen LogP contribution in [0.1, 0.15) is 54.2 Å². The standard InChI is InChI=1S/C39H42N10O7S/c1-2-25-19-30(56-47-25)34-32(50)33(51)37(55-34)49-22-42-31-35(41-20-29(23-10-5-3-6-11-23)24-12-7-4-8-13-24)45-38(46-36(31)49)48-17-16-27(21-48)44-39(52)43-26-14-9-15-28(18-26)57(40,53)54/h3-15,18-19,22,27,29,32-34,37,50-51H,2,16-17,20-21H2,1H3,(H2,40,53,54)(H,41,45,46)(H2,43,44,52)/t27-,32+,33+,34-,37-/m1/s1. The highest BCUT2D eigenvalue weighted by molar-refractivity contribution is 7.89. The molecular formula is C39H42N10O7S. The van der Waals surface area contributed by atoms with Gasteiger partial charge < -0.3 is 40.3 Å². The number of aromatic nitrogens is 5. The van der Waals surface area contributed by atoms with Gasteiger partial charge in [-0.15, -0.1) is 0 Å². The van der Waals surface area contributed by atoms with E-state index in [4.69, 9.17) is 24.4 Å². The van der Waals surface area contributed by atoms with Crippen molar-refractivity contribution in [3.8, 4) is 0 Å². The molecule has 3 aromatic carbocycles. The van der Waals surface area contributed by atoms with Crippen LogP contribution < -0.4 is 26.0 Å². The summed E-state index contributed by atoms with van der Waals surface area (Å²) in [5, 5.41) is 40.8. The highest BCUT2D eigenvalue weighted by Gasteiger charge is 2.47. The number of primary sulfonamides is 1. The highest BCUT2D eigenvalue weighted by Crippen LogP contribution is 2.41. The summed E-state index contributed by atoms with van der Waals surface area (Å²) in [6.45, 7) is 3.24. The van der Waals surface area contributed by atoms with Crippen LogP contribution in [0, 0.1) is 0 Å². The lowest BCUT2D eigenvalue weighted by atomic mass is 9.91. The number of ether oxygens (including phenoxy) is 1. The van der Waals surface area contributed by atoms with Crippen LogP contribution in [-0.4, -0.2) is 87.2 Å². The summed E-state index contributed by atoms with van der Waals surface area (Å²) in [7, 11) is -3.95. The van der Waals surface area contributed by atoms with Gasteiger partial charge in [0.05, 0.1) is 16.9 Å². The fraction of sp³-hybridized carbons (Fsp3) is 0.308. The van der Waals surface area contributed by atoms with Crippen molar-refractivity contribution in [1.82, 2.24) is 30.0 Å². The van der Waals surface area contributed by atoms with Crippen molar-refractivity contribution in [3.63, 3.8) is 0 Å². The summed E-state index contributed by atoms with van der Waals surface area (Å²) < 4.78 is 36.9. The lowest BCUT2D eigenvalue weighted by Crippen LogP contribution is -2.40. The summed E-state index contributed by atoms with van der Waals surface area (Å²) in [4.78, 5) is 29.4. The average molecular weight is 795 g/mol. The Hall–Kier alpha value is -5.92. The zero-order valence-electron chi connectivity index (χ0n) is 30.8. The molecule has 2 aliphatic heterocycles. The van der Waals surface area contributed by atoms with E-state index in [-0.39, 0.29) is 22.5 Å². The number of fused-ring (bicyclic) bond motifs is 1. The second kappa shape index (κ2) is 15.9. The van der Waals surface area contributed by atoms with Gasteiger partial charge in [0.2, 0.25) is 16.0 Å². The van der Waals surface area contributed by atoms with E-state index in [1.165, 1.54) is 24.5 Å². The molecule has 0 saturated carbocycles. The molecule has 6 aromatic rings. The fourth-order valence-corrected chi connectivity index (χ4v) is 7.83. The van der Waals surface area contributed by atoms with E-state index < -0.39 is 40.6 Å². The van der Waals surface area contributed by atoms with Crippen molar-refractivity contribution in [3.05, 3.63) is 120 Å². The van der Waals surface area contributed by atoms with Crippen molar-refractivity contribution in [1.29, 1.82) is 0 Å². The maximum Gasteiger partial charge on any atom is 0.319 e. The molecule has 2 fully saturated rings. The van der Waals surface area contributed by atoms with E-state index >= 15 is 0 Å². The largest absolute Gasteiger partial charge is 0.387 e. The number of benzene rings is 3. The lowest BCUT2D eigenvalue weighted by Gasteiger charge is -2.22. The molecule has 7 N–H and O–H groups in total. The van der Waals surface area contributed by atoms with Gasteiger partial charge in [-0.05, 0) is 42.2 Å². The molecule has 8 rings (SSSR count). The van der Waals surface area contributed by atoms with Crippen molar-refractivity contribution in [2.75, 3.05) is 35.2 Å². The zero-order chi connectivity index (χ0) is 39.7. The van der Waals surface area contributed by atoms with Crippen LogP contribution in [0.2, 0.25) is 0 Å². The number of carbonyl (C=O) groups excluding carboxylic acids is 1. The molecule has 3 aromatic heterocycles. The number of nitrogens with one attached hydrogen (secondary N) is 3. The third kappa shape index (κ3) is 8.03. The van der Waals surface area contributed by atoms with Crippen LogP contribution in [0.3, 0.4) is 0 Å². The van der Waals surface area contributed by atoms with Crippen molar-refractivity contribution >= 4 is 44.7 Å². The molecule has 0 aliphatic carbocycles. The minimum absolute atomic E-state index is 0.0432. The predicted octanol–water partition coefficient (Wildman–Crippen LogP) is 3.66. The number of anilines is 3. The summed E-state index contributed by atoms with van der Waals surface area (Å²) in [5.41, 5.74) is 3.96. The maximum atomic E-state index is 13.0. The Morgan fingerprint density at radius 1 is 0.982 bits per heavy atom. The van der Waals surface area contributed by atoms with E-state index in [2.05, 4.69) is 50.4 Å². The van der Waals surface area contributed by atoms with Crippen LogP contribution in [0.5, 0.6) is 0 Å². The molecule has 2 aliphatic rings. The van der Waals surface area contributed by atoms with Crippen molar-refractivity contribution in [2.24, 2.45) is 5.14 Å². The van der Waals surface area contributed by atoms with Gasteiger partial charge in [-0.3, -0.25) is 4.57 Å². The Kier molecular flexibility index (Phi) is 10.6. The van der Waals surface area contributed by atoms with Crippen LogP contribution in [0.25, 0.3) is 11.2 Å². The molecule has 18 heteroatoms. The number of hydrogen-bond acceptors (Lipinski definition) is 13. The Morgan fingerprint density at radius 3 is 2.40 bits per heavy atom. The Morgan fingerprint density at radius 2 is 1.72 bits per heavy atom. The number of imidazole rings is 1. The van der Waals surface area contributed by atoms with Crippen LogP contribution in [0.4, 0.5) is 22.2 Å². The number of carbonyl (C=O) groups is 1. The molecule has 2 saturated heterocycles. The topological polar surface area (TPSA) is 236 Å². The minimum Gasteiger partial charge on any atom is -0.387 e. The number of amides is 2. The van der Waals surface area contributed by atoms with Gasteiger partial charge in [0, 0.05) is 43.3 Å². The van der Waals surface area contributed by atoms with E-state index in [0.717, 1.165) is 11.1 Å². The molecule has 5 heterocycles. The molecule has 0 unspecified atom stereocenters. The van der Waals surface area contributed by atoms with Gasteiger partial charge in [0.25, 0.3) is 0 Å². The highest BCUT2D eigenvalue weighted by atomic mass is 32.2. The quantitative estimate of drug-likeness (QED) is 0.104. The zero-order valence-corrected chi connectivity index (χ0v) is 31.7. The number of sulfonamides is 1. The second-order valence-electron chi connectivity index (χ2n) is 14.1. The second-order valence-corrected chi connectivity index (χ2v) is 15.6. The molecular weight excluding hydrogens is 753 g/mol.